The number of carboxylic acid groups (broad SMARTS) is 1. The van der Waals surface area contributed by atoms with E-state index in [9.17, 15) is 18.0 Å². The van der Waals surface area contributed by atoms with E-state index < -0.39 is 17.7 Å². The number of para-hydroxylation sites is 2. The lowest BCUT2D eigenvalue weighted by Crippen LogP contribution is -2.10. The predicted octanol–water partition coefficient (Wildman–Crippen LogP) is 3.73. The van der Waals surface area contributed by atoms with Crippen LogP contribution >= 0.6 is 0 Å². The zero-order chi connectivity index (χ0) is 15.6. The SMILES string of the molecule is Nc1c(Nc2ccccc2C(F)(F)F)cccc1C(=O)O. The van der Waals surface area contributed by atoms with E-state index in [2.05, 4.69) is 5.32 Å². The number of nitrogens with one attached hydrogen (secondary N) is 1. The van der Waals surface area contributed by atoms with Gasteiger partial charge in [0.2, 0.25) is 0 Å². The second-order valence-electron chi connectivity index (χ2n) is 4.24. The van der Waals surface area contributed by atoms with Crippen LogP contribution in [0.3, 0.4) is 0 Å². The first-order valence-electron chi connectivity index (χ1n) is 5.85. The molecule has 0 saturated carbocycles. The number of anilines is 3. The van der Waals surface area contributed by atoms with Crippen LogP contribution in [0.25, 0.3) is 0 Å². The van der Waals surface area contributed by atoms with E-state index in [1.807, 2.05) is 0 Å². The Hall–Kier alpha value is -2.70. The zero-order valence-electron chi connectivity index (χ0n) is 10.6. The lowest BCUT2D eigenvalue weighted by Gasteiger charge is -2.16. The molecule has 4 N–H and O–H groups in total. The Morgan fingerprint density at radius 1 is 1.05 bits per heavy atom. The van der Waals surface area contributed by atoms with E-state index >= 15 is 0 Å². The van der Waals surface area contributed by atoms with Gasteiger partial charge in [0.15, 0.2) is 0 Å². The molecular formula is C14H11F3N2O2. The van der Waals surface area contributed by atoms with Crippen LogP contribution in [-0.4, -0.2) is 11.1 Å². The Morgan fingerprint density at radius 3 is 2.29 bits per heavy atom. The Morgan fingerprint density at radius 2 is 1.67 bits per heavy atom. The van der Waals surface area contributed by atoms with E-state index in [0.29, 0.717) is 0 Å². The quantitative estimate of drug-likeness (QED) is 0.754. The van der Waals surface area contributed by atoms with Crippen molar-refractivity contribution in [3.63, 3.8) is 0 Å². The van der Waals surface area contributed by atoms with Crippen LogP contribution in [0.1, 0.15) is 15.9 Å². The van der Waals surface area contributed by atoms with E-state index in [1.165, 1.54) is 36.4 Å². The van der Waals surface area contributed by atoms with Gasteiger partial charge in [0, 0.05) is 0 Å². The monoisotopic (exact) mass is 296 g/mol. The number of nitrogen functional groups attached to an aromatic ring is 1. The molecule has 0 spiro atoms. The molecule has 0 aliphatic carbocycles. The van der Waals surface area contributed by atoms with Crippen LogP contribution in [0.15, 0.2) is 42.5 Å². The minimum Gasteiger partial charge on any atom is -0.478 e. The van der Waals surface area contributed by atoms with Gasteiger partial charge in [-0.25, -0.2) is 4.79 Å². The molecule has 0 fully saturated rings. The van der Waals surface area contributed by atoms with Crippen LogP contribution in [0, 0.1) is 0 Å². The van der Waals surface area contributed by atoms with E-state index in [0.717, 1.165) is 6.07 Å². The summed E-state index contributed by atoms with van der Waals surface area (Å²) in [5.41, 5.74) is 4.42. The van der Waals surface area contributed by atoms with Gasteiger partial charge in [-0.1, -0.05) is 18.2 Å². The van der Waals surface area contributed by atoms with Crippen molar-refractivity contribution in [3.8, 4) is 0 Å². The number of benzene rings is 2. The molecule has 0 unspecified atom stereocenters. The van der Waals surface area contributed by atoms with Gasteiger partial charge >= 0.3 is 12.1 Å². The number of carbonyl (C=O) groups is 1. The first-order chi connectivity index (χ1) is 9.80. The molecule has 110 valence electrons. The highest BCUT2D eigenvalue weighted by atomic mass is 19.4. The number of hydrogen-bond acceptors (Lipinski definition) is 3. The first kappa shape index (κ1) is 14.7. The summed E-state index contributed by atoms with van der Waals surface area (Å²) in [6.07, 6.45) is -4.53. The maximum Gasteiger partial charge on any atom is 0.418 e. The van der Waals surface area contributed by atoms with Crippen LogP contribution in [0.5, 0.6) is 0 Å². The van der Waals surface area contributed by atoms with E-state index in [-0.39, 0.29) is 22.6 Å². The summed E-state index contributed by atoms with van der Waals surface area (Å²) in [6, 6.07) is 8.97. The summed E-state index contributed by atoms with van der Waals surface area (Å²) in [6.45, 7) is 0. The molecule has 0 bridgehead atoms. The van der Waals surface area contributed by atoms with Crippen molar-refractivity contribution in [2.45, 2.75) is 6.18 Å². The molecule has 0 atom stereocenters. The number of rotatable bonds is 3. The highest BCUT2D eigenvalue weighted by Crippen LogP contribution is 2.37. The number of carboxylic acids is 1. The van der Waals surface area contributed by atoms with Crippen LogP contribution in [0.4, 0.5) is 30.2 Å². The molecule has 0 aliphatic heterocycles. The standard InChI is InChI=1S/C14H11F3N2O2/c15-14(16,17)9-5-1-2-6-10(9)19-11-7-3-4-8(12(11)18)13(20)21/h1-7,19H,18H2,(H,20,21). The summed E-state index contributed by atoms with van der Waals surface area (Å²) in [5.74, 6) is -1.25. The van der Waals surface area contributed by atoms with Crippen molar-refractivity contribution in [1.29, 1.82) is 0 Å². The van der Waals surface area contributed by atoms with Gasteiger partial charge in [0.05, 0.1) is 28.2 Å². The van der Waals surface area contributed by atoms with Crippen molar-refractivity contribution >= 4 is 23.0 Å². The van der Waals surface area contributed by atoms with Gasteiger partial charge < -0.3 is 16.2 Å². The normalized spacial score (nSPS) is 11.2. The summed E-state index contributed by atoms with van der Waals surface area (Å²) in [4.78, 5) is 11.0. The fourth-order valence-corrected chi connectivity index (χ4v) is 1.85. The van der Waals surface area contributed by atoms with E-state index in [4.69, 9.17) is 10.8 Å². The topological polar surface area (TPSA) is 75.3 Å². The molecule has 2 aromatic carbocycles. The Kier molecular flexibility index (Phi) is 3.75. The van der Waals surface area contributed by atoms with Gasteiger partial charge in [-0.15, -0.1) is 0 Å². The van der Waals surface area contributed by atoms with Gasteiger partial charge in [-0.2, -0.15) is 13.2 Å². The summed E-state index contributed by atoms with van der Waals surface area (Å²) in [5, 5.41) is 11.5. The van der Waals surface area contributed by atoms with Crippen LogP contribution in [-0.2, 0) is 6.18 Å². The Bertz CT molecular complexity index is 684. The zero-order valence-corrected chi connectivity index (χ0v) is 10.6. The van der Waals surface area contributed by atoms with Crippen LogP contribution in [0.2, 0.25) is 0 Å². The van der Waals surface area contributed by atoms with Crippen molar-refractivity contribution in [1.82, 2.24) is 0 Å². The average Bonchev–Trinajstić information content (AvgIpc) is 2.40. The Labute approximate surface area is 118 Å². The minimum absolute atomic E-state index is 0.103. The molecule has 0 radical (unpaired) electrons. The van der Waals surface area contributed by atoms with Gasteiger partial charge in [0.1, 0.15) is 0 Å². The number of nitrogens with two attached hydrogens (primary N) is 1. The fraction of sp³-hybridized carbons (Fsp3) is 0.0714. The third-order valence-corrected chi connectivity index (χ3v) is 2.84. The Balaban J connectivity index is 2.45. The molecule has 0 amide bonds. The molecular weight excluding hydrogens is 285 g/mol. The van der Waals surface area contributed by atoms with Gasteiger partial charge in [0.25, 0.3) is 0 Å². The highest BCUT2D eigenvalue weighted by molar-refractivity contribution is 5.97. The first-order valence-corrected chi connectivity index (χ1v) is 5.85. The summed E-state index contributed by atoms with van der Waals surface area (Å²) >= 11 is 0. The summed E-state index contributed by atoms with van der Waals surface area (Å²) in [7, 11) is 0. The van der Waals surface area contributed by atoms with Gasteiger partial charge in [-0.05, 0) is 24.3 Å². The molecule has 0 saturated heterocycles. The van der Waals surface area contributed by atoms with Crippen molar-refractivity contribution in [2.24, 2.45) is 0 Å². The molecule has 4 nitrogen and oxygen atoms in total. The van der Waals surface area contributed by atoms with Crippen molar-refractivity contribution in [3.05, 3.63) is 53.6 Å². The average molecular weight is 296 g/mol. The van der Waals surface area contributed by atoms with Crippen molar-refractivity contribution < 1.29 is 23.1 Å². The third-order valence-electron chi connectivity index (χ3n) is 2.84. The third kappa shape index (κ3) is 3.07. The van der Waals surface area contributed by atoms with Crippen LogP contribution < -0.4 is 11.1 Å². The largest absolute Gasteiger partial charge is 0.478 e. The smallest absolute Gasteiger partial charge is 0.418 e. The highest BCUT2D eigenvalue weighted by Gasteiger charge is 2.33. The molecule has 0 aliphatic rings. The van der Waals surface area contributed by atoms with E-state index in [1.54, 1.807) is 0 Å². The molecule has 2 rings (SSSR count). The summed E-state index contributed by atoms with van der Waals surface area (Å²) < 4.78 is 38.7. The fourth-order valence-electron chi connectivity index (χ4n) is 1.85. The lowest BCUT2D eigenvalue weighted by atomic mass is 10.1. The molecule has 0 heterocycles. The second kappa shape index (κ2) is 5.35. The number of alkyl halides is 3. The number of aromatic carboxylic acids is 1. The van der Waals surface area contributed by atoms with Gasteiger partial charge in [-0.3, -0.25) is 0 Å². The number of hydrogen-bond donors (Lipinski definition) is 3. The maximum absolute atomic E-state index is 12.9. The number of halogens is 3. The molecule has 21 heavy (non-hydrogen) atoms. The predicted molar refractivity (Wildman–Crippen MR) is 72.5 cm³/mol. The minimum atomic E-state index is -4.53. The molecule has 0 aromatic heterocycles. The molecule has 2 aromatic rings. The lowest BCUT2D eigenvalue weighted by molar-refractivity contribution is -0.136. The molecule has 7 heteroatoms. The van der Waals surface area contributed by atoms with Crippen molar-refractivity contribution in [2.75, 3.05) is 11.1 Å². The maximum atomic E-state index is 12.9. The second-order valence-corrected chi connectivity index (χ2v) is 4.24.